The van der Waals surface area contributed by atoms with Crippen LogP contribution in [-0.4, -0.2) is 54.6 Å². The molecule has 0 N–H and O–H groups in total. The van der Waals surface area contributed by atoms with E-state index in [2.05, 4.69) is 48.5 Å². The van der Waals surface area contributed by atoms with Gasteiger partial charge < -0.3 is 23.1 Å². The summed E-state index contributed by atoms with van der Waals surface area (Å²) in [6.45, 7) is 22.1. The van der Waals surface area contributed by atoms with Crippen LogP contribution in [0, 0.1) is 5.41 Å². The van der Waals surface area contributed by atoms with Crippen LogP contribution in [0.3, 0.4) is 0 Å². The molecule has 0 saturated heterocycles. The highest BCUT2D eigenvalue weighted by Gasteiger charge is 2.48. The topological polar surface area (TPSA) is 63.2 Å². The monoisotopic (exact) mass is 568 g/mol. The van der Waals surface area contributed by atoms with Crippen molar-refractivity contribution in [2.24, 2.45) is 5.41 Å². The minimum absolute atomic E-state index is 0.149. The molecule has 0 aliphatic rings. The molecule has 0 spiro atoms. The van der Waals surface area contributed by atoms with E-state index < -0.39 is 27.7 Å². The summed E-state index contributed by atoms with van der Waals surface area (Å²) in [4.78, 5) is 12.9. The summed E-state index contributed by atoms with van der Waals surface area (Å²) in [7, 11) is -2.45. The van der Waals surface area contributed by atoms with Crippen LogP contribution >= 0.6 is 0 Å². The molecule has 1 aromatic carbocycles. The molecule has 220 valence electrons. The number of carbonyl (C=O) groups is 1. The molecule has 1 aromatic rings. The lowest BCUT2D eigenvalue weighted by atomic mass is 9.96. The Hall–Kier alpha value is -1.20. The van der Waals surface area contributed by atoms with Crippen LogP contribution in [0.4, 0.5) is 0 Å². The standard InChI is InChI=1S/C30H56O6Si2/c1-12-37(13-2,14-3)35-27(23-33-22-25-18-20-26(32-11)21-19-25)30(10,24-34-28(31)29(7,8)9)36-38(15-4,16-5)17-6/h18-21,27H,12-17,22-24H2,1-11H3/t27-,30+/m0/s1. The molecule has 0 radical (unpaired) electrons. The summed E-state index contributed by atoms with van der Waals surface area (Å²) < 4.78 is 31.9. The van der Waals surface area contributed by atoms with E-state index in [1.165, 1.54) is 0 Å². The average Bonchev–Trinajstić information content (AvgIpc) is 2.92. The molecule has 2 atom stereocenters. The predicted octanol–water partition coefficient (Wildman–Crippen LogP) is 7.97. The predicted molar refractivity (Wildman–Crippen MR) is 162 cm³/mol. The van der Waals surface area contributed by atoms with E-state index in [0.717, 1.165) is 47.6 Å². The van der Waals surface area contributed by atoms with Crippen molar-refractivity contribution in [2.75, 3.05) is 20.3 Å². The lowest BCUT2D eigenvalue weighted by Gasteiger charge is -2.47. The van der Waals surface area contributed by atoms with Gasteiger partial charge in [0.1, 0.15) is 18.0 Å². The highest BCUT2D eigenvalue weighted by molar-refractivity contribution is 6.74. The Morgan fingerprint density at radius 2 is 1.32 bits per heavy atom. The van der Waals surface area contributed by atoms with Gasteiger partial charge in [-0.2, -0.15) is 0 Å². The molecule has 0 aliphatic heterocycles. The van der Waals surface area contributed by atoms with Gasteiger partial charge in [-0.05, 0) is 81.7 Å². The third kappa shape index (κ3) is 9.77. The zero-order valence-electron chi connectivity index (χ0n) is 26.2. The molecular weight excluding hydrogens is 512 g/mol. The van der Waals surface area contributed by atoms with Crippen LogP contribution < -0.4 is 4.74 Å². The van der Waals surface area contributed by atoms with Crippen molar-refractivity contribution in [1.29, 1.82) is 0 Å². The van der Waals surface area contributed by atoms with Gasteiger partial charge in [-0.3, -0.25) is 4.79 Å². The largest absolute Gasteiger partial charge is 0.497 e. The van der Waals surface area contributed by atoms with Crippen LogP contribution in [0.2, 0.25) is 36.3 Å². The van der Waals surface area contributed by atoms with Gasteiger partial charge in [-0.25, -0.2) is 0 Å². The van der Waals surface area contributed by atoms with Gasteiger partial charge in [0.15, 0.2) is 16.6 Å². The molecule has 8 heteroatoms. The van der Waals surface area contributed by atoms with E-state index in [4.69, 9.17) is 23.1 Å². The Kier molecular flexibility index (Phi) is 14.3. The third-order valence-corrected chi connectivity index (χ3v) is 17.6. The number of hydrogen-bond acceptors (Lipinski definition) is 6. The van der Waals surface area contributed by atoms with Crippen LogP contribution in [-0.2, 0) is 29.7 Å². The van der Waals surface area contributed by atoms with Gasteiger partial charge in [0.2, 0.25) is 0 Å². The maximum atomic E-state index is 12.9. The molecule has 6 nitrogen and oxygen atoms in total. The summed E-state index contributed by atoms with van der Waals surface area (Å²) >= 11 is 0. The van der Waals surface area contributed by atoms with Gasteiger partial charge in [0, 0.05) is 0 Å². The Morgan fingerprint density at radius 1 is 0.816 bits per heavy atom. The molecular formula is C30H56O6Si2. The summed E-state index contributed by atoms with van der Waals surface area (Å²) in [5.74, 6) is 0.591. The molecule has 0 aliphatic carbocycles. The first-order valence-electron chi connectivity index (χ1n) is 14.6. The summed E-state index contributed by atoms with van der Waals surface area (Å²) in [6.07, 6.45) is -0.350. The lowest BCUT2D eigenvalue weighted by molar-refractivity contribution is -0.167. The average molecular weight is 569 g/mol. The lowest BCUT2D eigenvalue weighted by Crippen LogP contribution is -2.60. The molecule has 0 aromatic heterocycles. The van der Waals surface area contributed by atoms with Gasteiger partial charge in [0.05, 0.1) is 31.8 Å². The first-order valence-corrected chi connectivity index (χ1v) is 19.6. The van der Waals surface area contributed by atoms with Crippen molar-refractivity contribution in [3.05, 3.63) is 29.8 Å². The highest BCUT2D eigenvalue weighted by atomic mass is 28.4. The number of esters is 1. The maximum Gasteiger partial charge on any atom is 0.311 e. The van der Waals surface area contributed by atoms with E-state index in [9.17, 15) is 4.79 Å². The second kappa shape index (κ2) is 15.6. The van der Waals surface area contributed by atoms with E-state index in [-0.39, 0.29) is 18.7 Å². The van der Waals surface area contributed by atoms with Gasteiger partial charge in [-0.1, -0.05) is 53.7 Å². The fraction of sp³-hybridized carbons (Fsp3) is 0.767. The van der Waals surface area contributed by atoms with Crippen LogP contribution in [0.25, 0.3) is 0 Å². The van der Waals surface area contributed by atoms with Crippen LogP contribution in [0.1, 0.15) is 74.8 Å². The summed E-state index contributed by atoms with van der Waals surface area (Å²) in [5, 5.41) is 0. The SMILES string of the molecule is CC[Si](CC)(CC)O[C@@H](COCc1ccc(OC)cc1)[C@@](C)(COC(=O)C(C)(C)C)O[Si](CC)(CC)CC. The second-order valence-corrected chi connectivity index (χ2v) is 21.1. The molecule has 0 amide bonds. The Balaban J connectivity index is 3.40. The number of rotatable bonds is 18. The first kappa shape index (κ1) is 34.8. The van der Waals surface area contributed by atoms with Crippen molar-refractivity contribution in [3.8, 4) is 5.75 Å². The number of methoxy groups -OCH3 is 1. The van der Waals surface area contributed by atoms with Crippen molar-refractivity contribution in [2.45, 2.75) is 124 Å². The number of benzene rings is 1. The Bertz CT molecular complexity index is 798. The zero-order chi connectivity index (χ0) is 29.0. The number of hydrogen-bond donors (Lipinski definition) is 0. The van der Waals surface area contributed by atoms with Crippen molar-refractivity contribution in [3.63, 3.8) is 0 Å². The Labute approximate surface area is 235 Å². The van der Waals surface area contributed by atoms with Crippen molar-refractivity contribution >= 4 is 22.6 Å². The van der Waals surface area contributed by atoms with Crippen molar-refractivity contribution < 1.29 is 27.9 Å². The molecule has 0 saturated carbocycles. The van der Waals surface area contributed by atoms with E-state index >= 15 is 0 Å². The van der Waals surface area contributed by atoms with E-state index in [0.29, 0.717) is 13.2 Å². The van der Waals surface area contributed by atoms with Crippen molar-refractivity contribution in [1.82, 2.24) is 0 Å². The minimum Gasteiger partial charge on any atom is -0.497 e. The Morgan fingerprint density at radius 3 is 1.74 bits per heavy atom. The molecule has 0 unspecified atom stereocenters. The quantitative estimate of drug-likeness (QED) is 0.132. The maximum absolute atomic E-state index is 12.9. The molecule has 38 heavy (non-hydrogen) atoms. The fourth-order valence-electron chi connectivity index (χ4n) is 4.72. The molecule has 0 heterocycles. The van der Waals surface area contributed by atoms with E-state index in [1.54, 1.807) is 7.11 Å². The summed E-state index contributed by atoms with van der Waals surface area (Å²) in [5.41, 5.74) is -0.339. The first-order chi connectivity index (χ1) is 17.8. The van der Waals surface area contributed by atoms with Gasteiger partial charge in [-0.15, -0.1) is 0 Å². The normalized spacial score (nSPS) is 15.1. The highest BCUT2D eigenvalue weighted by Crippen LogP contribution is 2.35. The van der Waals surface area contributed by atoms with E-state index in [1.807, 2.05) is 45.0 Å². The molecule has 1 rings (SSSR count). The van der Waals surface area contributed by atoms with Crippen LogP contribution in [0.15, 0.2) is 24.3 Å². The minimum atomic E-state index is -2.08. The number of carbonyl (C=O) groups excluding carboxylic acids is 1. The smallest absolute Gasteiger partial charge is 0.311 e. The zero-order valence-corrected chi connectivity index (χ0v) is 28.2. The summed E-state index contributed by atoms with van der Waals surface area (Å²) in [6, 6.07) is 14.0. The third-order valence-electron chi connectivity index (χ3n) is 8.19. The molecule has 0 bridgehead atoms. The van der Waals surface area contributed by atoms with Crippen LogP contribution in [0.5, 0.6) is 5.75 Å². The fourth-order valence-corrected chi connectivity index (χ4v) is 10.8. The second-order valence-electron chi connectivity index (χ2n) is 11.7. The number of ether oxygens (including phenoxy) is 3. The molecule has 0 fully saturated rings. The van der Waals surface area contributed by atoms with Gasteiger partial charge >= 0.3 is 5.97 Å². The van der Waals surface area contributed by atoms with Gasteiger partial charge in [0.25, 0.3) is 0 Å².